The van der Waals surface area contributed by atoms with Crippen molar-refractivity contribution in [2.75, 3.05) is 7.11 Å². The first-order valence-electron chi connectivity index (χ1n) is 7.06. The summed E-state index contributed by atoms with van der Waals surface area (Å²) in [5, 5.41) is 6.74. The first-order valence-corrected chi connectivity index (χ1v) is 7.85. The Morgan fingerprint density at radius 3 is 2.65 bits per heavy atom. The highest BCUT2D eigenvalue weighted by molar-refractivity contribution is 9.10. The molecule has 2 fully saturated rings. The highest BCUT2D eigenvalue weighted by Crippen LogP contribution is 2.28. The van der Waals surface area contributed by atoms with Crippen LogP contribution in [0.25, 0.3) is 0 Å². The number of rotatable bonds is 3. The third-order valence-corrected chi connectivity index (χ3v) is 4.84. The largest absolute Gasteiger partial charge is 0.496 e. The van der Waals surface area contributed by atoms with Gasteiger partial charge in [0.25, 0.3) is 5.91 Å². The summed E-state index contributed by atoms with van der Waals surface area (Å²) in [5.41, 5.74) is 0.670. The molecule has 5 heteroatoms. The molecule has 0 aromatic heterocycles. The molecule has 1 amide bonds. The van der Waals surface area contributed by atoms with E-state index in [1.54, 1.807) is 13.2 Å². The lowest BCUT2D eigenvalue weighted by atomic mass is 9.99. The Balaban J connectivity index is 1.65. The van der Waals surface area contributed by atoms with Crippen LogP contribution >= 0.6 is 15.9 Å². The number of amides is 1. The zero-order chi connectivity index (χ0) is 14.1. The van der Waals surface area contributed by atoms with E-state index in [4.69, 9.17) is 4.74 Å². The van der Waals surface area contributed by atoms with Gasteiger partial charge in [-0.25, -0.2) is 0 Å². The van der Waals surface area contributed by atoms with Crippen molar-refractivity contribution in [1.29, 1.82) is 0 Å². The molecule has 4 nitrogen and oxygen atoms in total. The minimum atomic E-state index is -0.000321. The van der Waals surface area contributed by atoms with Crippen LogP contribution < -0.4 is 15.4 Å². The molecule has 1 aromatic rings. The summed E-state index contributed by atoms with van der Waals surface area (Å²) in [6.07, 6.45) is 4.56. The topological polar surface area (TPSA) is 50.4 Å². The number of methoxy groups -OCH3 is 1. The molecular weight excluding hydrogens is 320 g/mol. The van der Waals surface area contributed by atoms with Crippen molar-refractivity contribution < 1.29 is 9.53 Å². The van der Waals surface area contributed by atoms with Gasteiger partial charge in [0.1, 0.15) is 5.75 Å². The second-order valence-corrected chi connectivity index (χ2v) is 6.48. The maximum absolute atomic E-state index is 12.3. The molecular formula is C15H19BrN2O2. The number of carbonyl (C=O) groups is 1. The van der Waals surface area contributed by atoms with E-state index >= 15 is 0 Å². The minimum absolute atomic E-state index is 0.000321. The number of piperidine rings is 1. The number of carbonyl (C=O) groups excluding carboxylic acids is 1. The Hall–Kier alpha value is -1.07. The Morgan fingerprint density at radius 1 is 1.35 bits per heavy atom. The van der Waals surface area contributed by atoms with E-state index in [1.165, 1.54) is 12.8 Å². The van der Waals surface area contributed by atoms with Crippen molar-refractivity contribution in [2.45, 2.75) is 43.8 Å². The number of hydrogen-bond donors (Lipinski definition) is 2. The number of hydrogen-bond acceptors (Lipinski definition) is 3. The SMILES string of the molecule is COc1ccc(C(=O)NC2CC3CCC(C2)N3)cc1Br. The van der Waals surface area contributed by atoms with Gasteiger partial charge in [0, 0.05) is 23.7 Å². The van der Waals surface area contributed by atoms with Crippen LogP contribution in [-0.4, -0.2) is 31.1 Å². The fourth-order valence-corrected chi connectivity index (χ4v) is 3.79. The number of fused-ring (bicyclic) bond motifs is 2. The van der Waals surface area contributed by atoms with Crippen LogP contribution in [0.4, 0.5) is 0 Å². The Labute approximate surface area is 127 Å². The van der Waals surface area contributed by atoms with Crippen LogP contribution in [0.5, 0.6) is 5.75 Å². The summed E-state index contributed by atoms with van der Waals surface area (Å²) in [4.78, 5) is 12.3. The Bertz CT molecular complexity index is 509. The fourth-order valence-electron chi connectivity index (χ4n) is 3.25. The molecule has 108 valence electrons. The number of nitrogens with one attached hydrogen (secondary N) is 2. The summed E-state index contributed by atoms with van der Waals surface area (Å²) in [6, 6.07) is 6.88. The predicted octanol–water partition coefficient (Wildman–Crippen LogP) is 2.47. The van der Waals surface area contributed by atoms with Crippen molar-refractivity contribution in [3.05, 3.63) is 28.2 Å². The van der Waals surface area contributed by atoms with Gasteiger partial charge in [0.15, 0.2) is 0 Å². The first-order chi connectivity index (χ1) is 9.65. The number of benzene rings is 1. The molecule has 2 saturated heterocycles. The molecule has 3 rings (SSSR count). The van der Waals surface area contributed by atoms with Gasteiger partial charge in [-0.15, -0.1) is 0 Å². The van der Waals surface area contributed by atoms with Crippen molar-refractivity contribution in [2.24, 2.45) is 0 Å². The Kier molecular flexibility index (Phi) is 3.98. The molecule has 0 aliphatic carbocycles. The van der Waals surface area contributed by atoms with Crippen molar-refractivity contribution in [3.8, 4) is 5.75 Å². The molecule has 2 aliphatic rings. The molecule has 0 spiro atoms. The van der Waals surface area contributed by atoms with E-state index in [2.05, 4.69) is 26.6 Å². The van der Waals surface area contributed by atoms with Crippen LogP contribution in [-0.2, 0) is 0 Å². The number of ether oxygens (including phenoxy) is 1. The normalized spacial score (nSPS) is 28.2. The maximum atomic E-state index is 12.3. The van der Waals surface area contributed by atoms with Gasteiger partial charge in [-0.3, -0.25) is 4.79 Å². The monoisotopic (exact) mass is 338 g/mol. The summed E-state index contributed by atoms with van der Waals surface area (Å²) < 4.78 is 5.98. The zero-order valence-corrected chi connectivity index (χ0v) is 13.1. The summed E-state index contributed by atoms with van der Waals surface area (Å²) in [7, 11) is 1.62. The molecule has 0 saturated carbocycles. The molecule has 2 N–H and O–H groups in total. The van der Waals surface area contributed by atoms with E-state index < -0.39 is 0 Å². The van der Waals surface area contributed by atoms with Gasteiger partial charge in [-0.2, -0.15) is 0 Å². The Morgan fingerprint density at radius 2 is 2.05 bits per heavy atom. The second kappa shape index (κ2) is 5.74. The van der Waals surface area contributed by atoms with Gasteiger partial charge < -0.3 is 15.4 Å². The van der Waals surface area contributed by atoms with Crippen molar-refractivity contribution >= 4 is 21.8 Å². The molecule has 2 bridgehead atoms. The zero-order valence-electron chi connectivity index (χ0n) is 11.5. The van der Waals surface area contributed by atoms with Crippen LogP contribution in [0.1, 0.15) is 36.0 Å². The maximum Gasteiger partial charge on any atom is 0.251 e. The van der Waals surface area contributed by atoms with Crippen molar-refractivity contribution in [3.63, 3.8) is 0 Å². The minimum Gasteiger partial charge on any atom is -0.496 e. The molecule has 0 radical (unpaired) electrons. The van der Waals surface area contributed by atoms with Gasteiger partial charge in [-0.05, 0) is 59.8 Å². The third-order valence-electron chi connectivity index (χ3n) is 4.22. The lowest BCUT2D eigenvalue weighted by molar-refractivity contribution is 0.0924. The van der Waals surface area contributed by atoms with Gasteiger partial charge in [0.2, 0.25) is 0 Å². The summed E-state index contributed by atoms with van der Waals surface area (Å²) in [5.74, 6) is 0.737. The first kappa shape index (κ1) is 13.9. The highest BCUT2D eigenvalue weighted by atomic mass is 79.9. The molecule has 2 heterocycles. The number of halogens is 1. The lowest BCUT2D eigenvalue weighted by Gasteiger charge is -2.29. The smallest absolute Gasteiger partial charge is 0.251 e. The molecule has 2 unspecified atom stereocenters. The molecule has 20 heavy (non-hydrogen) atoms. The average Bonchev–Trinajstić information content (AvgIpc) is 2.77. The van der Waals surface area contributed by atoms with Gasteiger partial charge in [0.05, 0.1) is 11.6 Å². The van der Waals surface area contributed by atoms with Crippen LogP contribution in [0, 0.1) is 0 Å². The third kappa shape index (κ3) is 2.83. The predicted molar refractivity (Wildman–Crippen MR) is 81.1 cm³/mol. The summed E-state index contributed by atoms with van der Waals surface area (Å²) in [6.45, 7) is 0. The van der Waals surface area contributed by atoms with Crippen LogP contribution in [0.2, 0.25) is 0 Å². The van der Waals surface area contributed by atoms with Gasteiger partial charge >= 0.3 is 0 Å². The molecule has 2 atom stereocenters. The van der Waals surface area contributed by atoms with E-state index in [0.29, 0.717) is 23.7 Å². The highest BCUT2D eigenvalue weighted by Gasteiger charge is 2.34. The summed E-state index contributed by atoms with van der Waals surface area (Å²) >= 11 is 3.41. The standard InChI is InChI=1S/C15H19BrN2O2/c1-20-14-5-2-9(6-13(14)16)15(19)18-12-7-10-3-4-11(8-12)17-10/h2,5-6,10-12,17H,3-4,7-8H2,1H3,(H,18,19). The van der Waals surface area contributed by atoms with E-state index in [9.17, 15) is 4.79 Å². The van der Waals surface area contributed by atoms with E-state index in [-0.39, 0.29) is 5.91 Å². The average molecular weight is 339 g/mol. The quantitative estimate of drug-likeness (QED) is 0.890. The molecule has 2 aliphatic heterocycles. The van der Waals surface area contributed by atoms with E-state index in [0.717, 1.165) is 23.1 Å². The lowest BCUT2D eigenvalue weighted by Crippen LogP contribution is -2.48. The van der Waals surface area contributed by atoms with Crippen LogP contribution in [0.15, 0.2) is 22.7 Å². The fraction of sp³-hybridized carbons (Fsp3) is 0.533. The van der Waals surface area contributed by atoms with E-state index in [1.807, 2.05) is 12.1 Å². The second-order valence-electron chi connectivity index (χ2n) is 5.63. The van der Waals surface area contributed by atoms with Crippen molar-refractivity contribution in [1.82, 2.24) is 10.6 Å². The molecule has 1 aromatic carbocycles. The van der Waals surface area contributed by atoms with Crippen LogP contribution in [0.3, 0.4) is 0 Å². The van der Waals surface area contributed by atoms with Gasteiger partial charge in [-0.1, -0.05) is 0 Å².